The van der Waals surface area contributed by atoms with Crippen LogP contribution in [-0.4, -0.2) is 9.97 Å². The second-order valence-electron chi connectivity index (χ2n) is 5.42. The van der Waals surface area contributed by atoms with Gasteiger partial charge in [-0.3, -0.25) is 0 Å². The van der Waals surface area contributed by atoms with Gasteiger partial charge in [-0.15, -0.1) is 0 Å². The number of rotatable bonds is 5. The van der Waals surface area contributed by atoms with E-state index in [2.05, 4.69) is 9.97 Å². The van der Waals surface area contributed by atoms with Gasteiger partial charge in [0.2, 0.25) is 5.88 Å². The number of hydrogen-bond acceptors (Lipinski definition) is 4. The van der Waals surface area contributed by atoms with Crippen LogP contribution in [0.3, 0.4) is 0 Å². The summed E-state index contributed by atoms with van der Waals surface area (Å²) in [5.41, 5.74) is -1.59. The fourth-order valence-corrected chi connectivity index (χ4v) is 2.96. The second-order valence-corrected chi connectivity index (χ2v) is 6.36. The first-order chi connectivity index (χ1) is 13.2. The van der Waals surface area contributed by atoms with Crippen LogP contribution in [-0.2, 0) is 11.9 Å². The highest BCUT2D eigenvalue weighted by Gasteiger charge is 2.34. The Morgan fingerprint density at radius 3 is 2.14 bits per heavy atom. The van der Waals surface area contributed by atoms with Crippen LogP contribution in [0.4, 0.5) is 26.3 Å². The Hall–Kier alpha value is -2.75. The number of halogens is 6. The third kappa shape index (κ3) is 4.94. The van der Waals surface area contributed by atoms with Crippen molar-refractivity contribution in [3.63, 3.8) is 0 Å². The van der Waals surface area contributed by atoms with Gasteiger partial charge in [-0.05, 0) is 36.4 Å². The molecule has 1 aromatic heterocycles. The zero-order valence-corrected chi connectivity index (χ0v) is 14.6. The number of thioether (sulfide) groups is 1. The third-order valence-electron chi connectivity index (χ3n) is 3.42. The van der Waals surface area contributed by atoms with Gasteiger partial charge in [-0.2, -0.15) is 18.2 Å². The molecule has 0 unspecified atom stereocenters. The highest BCUT2D eigenvalue weighted by Crippen LogP contribution is 2.33. The number of nitrogens with zero attached hydrogens (tertiary/aromatic N) is 2. The fourth-order valence-electron chi connectivity index (χ4n) is 2.10. The van der Waals surface area contributed by atoms with E-state index >= 15 is 0 Å². The van der Waals surface area contributed by atoms with Crippen LogP contribution in [0.1, 0.15) is 11.3 Å². The Labute approximate surface area is 159 Å². The van der Waals surface area contributed by atoms with Crippen molar-refractivity contribution in [3.05, 3.63) is 77.2 Å². The van der Waals surface area contributed by atoms with E-state index in [1.54, 1.807) is 0 Å². The smallest absolute Gasteiger partial charge is 0.433 e. The first kappa shape index (κ1) is 20.0. The van der Waals surface area contributed by atoms with Crippen molar-refractivity contribution in [2.24, 2.45) is 0 Å². The van der Waals surface area contributed by atoms with Crippen LogP contribution in [0.2, 0.25) is 0 Å². The monoisotopic (exact) mass is 416 g/mol. The lowest BCUT2D eigenvalue weighted by Gasteiger charge is -2.11. The number of aromatic nitrogens is 2. The highest BCUT2D eigenvalue weighted by molar-refractivity contribution is 7.98. The molecule has 28 heavy (non-hydrogen) atoms. The molecule has 0 fully saturated rings. The highest BCUT2D eigenvalue weighted by atomic mass is 32.2. The number of alkyl halides is 3. The summed E-state index contributed by atoms with van der Waals surface area (Å²) in [4.78, 5) is 7.21. The standard InChI is InChI=1S/C18H10F6N2OS/c19-10-4-6-11(7-5-10)27-16-8-15(18(22,23)24)25-17(26-16)28-9-12-13(20)2-1-3-14(12)21/h1-8H,9H2. The van der Waals surface area contributed by atoms with Gasteiger partial charge in [0, 0.05) is 17.4 Å². The molecule has 0 spiro atoms. The van der Waals surface area contributed by atoms with Gasteiger partial charge in [-0.25, -0.2) is 18.2 Å². The zero-order valence-electron chi connectivity index (χ0n) is 13.8. The predicted octanol–water partition coefficient (Wildman–Crippen LogP) is 6.00. The lowest BCUT2D eigenvalue weighted by molar-refractivity contribution is -0.141. The molecule has 1 heterocycles. The van der Waals surface area contributed by atoms with E-state index < -0.39 is 35.2 Å². The van der Waals surface area contributed by atoms with Crippen molar-refractivity contribution < 1.29 is 31.1 Å². The fraction of sp³-hybridized carbons (Fsp3) is 0.111. The normalized spacial score (nSPS) is 11.5. The van der Waals surface area contributed by atoms with Crippen LogP contribution in [0.15, 0.2) is 53.7 Å². The van der Waals surface area contributed by atoms with Gasteiger partial charge >= 0.3 is 6.18 Å². The Morgan fingerprint density at radius 2 is 1.54 bits per heavy atom. The summed E-state index contributed by atoms with van der Waals surface area (Å²) in [5.74, 6) is -2.91. The van der Waals surface area contributed by atoms with Gasteiger partial charge in [0.1, 0.15) is 23.2 Å². The van der Waals surface area contributed by atoms with Crippen LogP contribution >= 0.6 is 11.8 Å². The molecule has 0 bridgehead atoms. The Morgan fingerprint density at radius 1 is 0.893 bits per heavy atom. The maximum Gasteiger partial charge on any atom is 0.433 e. The quantitative estimate of drug-likeness (QED) is 0.290. The summed E-state index contributed by atoms with van der Waals surface area (Å²) >= 11 is 0.617. The van der Waals surface area contributed by atoms with Crippen LogP contribution in [0, 0.1) is 17.5 Å². The molecule has 3 aromatic rings. The van der Waals surface area contributed by atoms with E-state index in [4.69, 9.17) is 4.74 Å². The van der Waals surface area contributed by atoms with Crippen molar-refractivity contribution in [2.75, 3.05) is 0 Å². The molecule has 0 saturated carbocycles. The van der Waals surface area contributed by atoms with Crippen molar-refractivity contribution in [3.8, 4) is 11.6 Å². The lowest BCUT2D eigenvalue weighted by Crippen LogP contribution is -2.10. The molecule has 2 aromatic carbocycles. The lowest BCUT2D eigenvalue weighted by atomic mass is 10.2. The minimum atomic E-state index is -4.79. The molecule has 0 aliphatic heterocycles. The second kappa shape index (κ2) is 8.09. The van der Waals surface area contributed by atoms with Gasteiger partial charge in [-0.1, -0.05) is 17.8 Å². The van der Waals surface area contributed by atoms with E-state index in [0.29, 0.717) is 17.8 Å². The van der Waals surface area contributed by atoms with Gasteiger partial charge in [0.05, 0.1) is 0 Å². The van der Waals surface area contributed by atoms with Gasteiger partial charge < -0.3 is 4.74 Å². The Kier molecular flexibility index (Phi) is 5.78. The SMILES string of the molecule is Fc1ccc(Oc2cc(C(F)(F)F)nc(SCc3c(F)cccc3F)n2)cc1. The summed E-state index contributed by atoms with van der Waals surface area (Å²) in [6.07, 6.45) is -4.79. The van der Waals surface area contributed by atoms with Crippen molar-refractivity contribution in [1.29, 1.82) is 0 Å². The molecule has 0 aliphatic carbocycles. The minimum absolute atomic E-state index is 0.0596. The van der Waals surface area contributed by atoms with Crippen LogP contribution < -0.4 is 4.74 Å². The molecule has 0 aliphatic rings. The van der Waals surface area contributed by atoms with E-state index in [1.165, 1.54) is 18.2 Å². The topological polar surface area (TPSA) is 35.0 Å². The zero-order chi connectivity index (χ0) is 20.3. The molecule has 0 radical (unpaired) electrons. The maximum atomic E-state index is 13.7. The number of benzene rings is 2. The molecular formula is C18H10F6N2OS. The molecule has 3 nitrogen and oxygen atoms in total. The summed E-state index contributed by atoms with van der Waals surface area (Å²) in [7, 11) is 0. The molecule has 0 amide bonds. The molecule has 0 N–H and O–H groups in total. The van der Waals surface area contributed by atoms with E-state index in [-0.39, 0.29) is 22.2 Å². The Bertz CT molecular complexity index is 959. The van der Waals surface area contributed by atoms with Crippen molar-refractivity contribution >= 4 is 11.8 Å². The average Bonchev–Trinajstić information content (AvgIpc) is 2.62. The van der Waals surface area contributed by atoms with Crippen molar-refractivity contribution in [2.45, 2.75) is 17.1 Å². The van der Waals surface area contributed by atoms with E-state index in [9.17, 15) is 26.3 Å². The maximum absolute atomic E-state index is 13.7. The van der Waals surface area contributed by atoms with E-state index in [0.717, 1.165) is 24.3 Å². The first-order valence-electron chi connectivity index (χ1n) is 7.68. The van der Waals surface area contributed by atoms with Gasteiger partial charge in [0.25, 0.3) is 0 Å². The van der Waals surface area contributed by atoms with Crippen LogP contribution in [0.25, 0.3) is 0 Å². The summed E-state index contributed by atoms with van der Waals surface area (Å²) in [6.45, 7) is 0. The summed E-state index contributed by atoms with van der Waals surface area (Å²) in [5, 5.41) is -0.380. The third-order valence-corrected chi connectivity index (χ3v) is 4.29. The van der Waals surface area contributed by atoms with Crippen molar-refractivity contribution in [1.82, 2.24) is 9.97 Å². The molecule has 146 valence electrons. The Balaban J connectivity index is 1.88. The largest absolute Gasteiger partial charge is 0.439 e. The predicted molar refractivity (Wildman–Crippen MR) is 89.4 cm³/mol. The minimum Gasteiger partial charge on any atom is -0.439 e. The summed E-state index contributed by atoms with van der Waals surface area (Å²) in [6, 6.07) is 8.39. The van der Waals surface area contributed by atoms with Crippen LogP contribution in [0.5, 0.6) is 11.6 Å². The molecule has 0 saturated heterocycles. The molecule has 3 rings (SSSR count). The molecule has 0 atom stereocenters. The first-order valence-corrected chi connectivity index (χ1v) is 8.66. The number of hydrogen-bond donors (Lipinski definition) is 0. The number of ether oxygens (including phenoxy) is 1. The molecular weight excluding hydrogens is 406 g/mol. The summed E-state index contributed by atoms with van der Waals surface area (Å²) < 4.78 is 84.9. The van der Waals surface area contributed by atoms with E-state index in [1.807, 2.05) is 0 Å². The molecule has 10 heteroatoms. The van der Waals surface area contributed by atoms with Gasteiger partial charge in [0.15, 0.2) is 10.9 Å². The average molecular weight is 416 g/mol.